The zero-order valence-electron chi connectivity index (χ0n) is 13.4. The molecule has 0 aliphatic carbocycles. The summed E-state index contributed by atoms with van der Waals surface area (Å²) < 4.78 is 28.4. The first-order valence-electron chi connectivity index (χ1n) is 7.84. The van der Waals surface area contributed by atoms with Crippen LogP contribution in [0, 0.1) is 0 Å². The highest BCUT2D eigenvalue weighted by Crippen LogP contribution is 2.20. The fourth-order valence-electron chi connectivity index (χ4n) is 2.55. The lowest BCUT2D eigenvalue weighted by Gasteiger charge is -2.12. The van der Waals surface area contributed by atoms with Gasteiger partial charge in [0.05, 0.1) is 18.1 Å². The van der Waals surface area contributed by atoms with E-state index in [9.17, 15) is 8.42 Å². The molecule has 1 fully saturated rings. The molecule has 1 unspecified atom stereocenters. The van der Waals surface area contributed by atoms with E-state index in [-0.39, 0.29) is 17.5 Å². The lowest BCUT2D eigenvalue weighted by molar-refractivity contribution is 0.340. The number of sulfone groups is 1. The molecule has 2 aromatic rings. The van der Waals surface area contributed by atoms with Crippen molar-refractivity contribution in [3.63, 3.8) is 0 Å². The van der Waals surface area contributed by atoms with Crippen LogP contribution in [0.1, 0.15) is 13.3 Å². The molecule has 128 valence electrons. The molecule has 0 amide bonds. The Kier molecular flexibility index (Phi) is 4.84. The van der Waals surface area contributed by atoms with E-state index in [2.05, 4.69) is 20.6 Å². The van der Waals surface area contributed by atoms with Crippen molar-refractivity contribution in [2.45, 2.75) is 19.4 Å². The van der Waals surface area contributed by atoms with Gasteiger partial charge in [0.15, 0.2) is 9.84 Å². The molecule has 0 bridgehead atoms. The lowest BCUT2D eigenvalue weighted by Crippen LogP contribution is -2.21. The minimum Gasteiger partial charge on any atom is -0.494 e. The van der Waals surface area contributed by atoms with Gasteiger partial charge in [-0.3, -0.25) is 0 Å². The number of aromatic nitrogens is 2. The third-order valence-electron chi connectivity index (χ3n) is 3.66. The second-order valence-electron chi connectivity index (χ2n) is 5.59. The Balaban J connectivity index is 1.64. The van der Waals surface area contributed by atoms with E-state index in [4.69, 9.17) is 4.74 Å². The van der Waals surface area contributed by atoms with Crippen molar-refractivity contribution in [3.05, 3.63) is 36.5 Å². The molecule has 2 N–H and O–H groups in total. The Bertz CT molecular complexity index is 793. The molecule has 0 radical (unpaired) electrons. The highest BCUT2D eigenvalue weighted by molar-refractivity contribution is 7.91. The van der Waals surface area contributed by atoms with Gasteiger partial charge < -0.3 is 15.4 Å². The Morgan fingerprint density at radius 1 is 1.25 bits per heavy atom. The van der Waals surface area contributed by atoms with Gasteiger partial charge in [-0.1, -0.05) is 0 Å². The zero-order valence-corrected chi connectivity index (χ0v) is 14.2. The maximum Gasteiger partial charge on any atom is 0.229 e. The fraction of sp³-hybridized carbons (Fsp3) is 0.375. The van der Waals surface area contributed by atoms with Gasteiger partial charge in [0.2, 0.25) is 5.95 Å². The second kappa shape index (κ2) is 7.04. The van der Waals surface area contributed by atoms with Crippen LogP contribution >= 0.6 is 0 Å². The van der Waals surface area contributed by atoms with Crippen LogP contribution in [0.4, 0.5) is 17.5 Å². The van der Waals surface area contributed by atoms with Gasteiger partial charge in [-0.2, -0.15) is 4.98 Å². The van der Waals surface area contributed by atoms with E-state index in [0.717, 1.165) is 11.4 Å². The number of anilines is 3. The van der Waals surface area contributed by atoms with Gasteiger partial charge in [0, 0.05) is 17.9 Å². The quantitative estimate of drug-likeness (QED) is 0.827. The third kappa shape index (κ3) is 4.35. The van der Waals surface area contributed by atoms with E-state index in [1.165, 1.54) is 0 Å². The Morgan fingerprint density at radius 2 is 2.04 bits per heavy atom. The molecule has 1 aliphatic heterocycles. The molecule has 1 aromatic carbocycles. The molecule has 24 heavy (non-hydrogen) atoms. The largest absolute Gasteiger partial charge is 0.494 e. The number of ether oxygens (including phenoxy) is 1. The van der Waals surface area contributed by atoms with Crippen molar-refractivity contribution >= 4 is 27.3 Å². The van der Waals surface area contributed by atoms with E-state index in [1.807, 2.05) is 31.2 Å². The Labute approximate surface area is 141 Å². The van der Waals surface area contributed by atoms with E-state index in [1.54, 1.807) is 12.3 Å². The Morgan fingerprint density at radius 3 is 2.71 bits per heavy atom. The molecule has 0 saturated carbocycles. The summed E-state index contributed by atoms with van der Waals surface area (Å²) >= 11 is 0. The lowest BCUT2D eigenvalue weighted by atomic mass is 10.2. The highest BCUT2D eigenvalue weighted by atomic mass is 32.2. The van der Waals surface area contributed by atoms with Crippen LogP contribution in [0.3, 0.4) is 0 Å². The molecule has 1 saturated heterocycles. The predicted molar refractivity (Wildman–Crippen MR) is 93.6 cm³/mol. The molecule has 0 spiro atoms. The average Bonchev–Trinajstić information content (AvgIpc) is 2.89. The highest BCUT2D eigenvalue weighted by Gasteiger charge is 2.27. The maximum atomic E-state index is 11.5. The van der Waals surface area contributed by atoms with Crippen molar-refractivity contribution in [1.82, 2.24) is 9.97 Å². The summed E-state index contributed by atoms with van der Waals surface area (Å²) in [5.41, 5.74) is 0.846. The summed E-state index contributed by atoms with van der Waals surface area (Å²) in [7, 11) is -2.92. The maximum absolute atomic E-state index is 11.5. The SMILES string of the molecule is CCOc1ccc(Nc2nccc(NC3CCS(=O)(=O)C3)n2)cc1. The van der Waals surface area contributed by atoms with Crippen molar-refractivity contribution in [1.29, 1.82) is 0 Å². The van der Waals surface area contributed by atoms with Crippen LogP contribution in [0.25, 0.3) is 0 Å². The van der Waals surface area contributed by atoms with Crippen LogP contribution in [-0.2, 0) is 9.84 Å². The van der Waals surface area contributed by atoms with Gasteiger partial charge in [-0.15, -0.1) is 0 Å². The first kappa shape index (κ1) is 16.5. The van der Waals surface area contributed by atoms with Gasteiger partial charge in [-0.05, 0) is 43.7 Å². The predicted octanol–water partition coefficient (Wildman–Crippen LogP) is 2.22. The van der Waals surface area contributed by atoms with Crippen LogP contribution in [-0.4, -0.2) is 42.5 Å². The molecular formula is C16H20N4O3S. The number of hydrogen-bond donors (Lipinski definition) is 2. The molecule has 8 heteroatoms. The van der Waals surface area contributed by atoms with Crippen molar-refractivity contribution < 1.29 is 13.2 Å². The topological polar surface area (TPSA) is 93.2 Å². The monoisotopic (exact) mass is 348 g/mol. The van der Waals surface area contributed by atoms with Gasteiger partial charge in [0.25, 0.3) is 0 Å². The first-order chi connectivity index (χ1) is 11.5. The van der Waals surface area contributed by atoms with E-state index in [0.29, 0.717) is 24.8 Å². The first-order valence-corrected chi connectivity index (χ1v) is 9.66. The van der Waals surface area contributed by atoms with Crippen LogP contribution in [0.15, 0.2) is 36.5 Å². The van der Waals surface area contributed by atoms with Crippen LogP contribution < -0.4 is 15.4 Å². The van der Waals surface area contributed by atoms with Crippen molar-refractivity contribution in [3.8, 4) is 5.75 Å². The van der Waals surface area contributed by atoms with E-state index >= 15 is 0 Å². The molecule has 2 heterocycles. The summed E-state index contributed by atoms with van der Waals surface area (Å²) in [6, 6.07) is 9.15. The minimum atomic E-state index is -2.92. The molecule has 1 aliphatic rings. The average molecular weight is 348 g/mol. The van der Waals surface area contributed by atoms with Gasteiger partial charge >= 0.3 is 0 Å². The summed E-state index contributed by atoms with van der Waals surface area (Å²) in [4.78, 5) is 8.56. The molecule has 7 nitrogen and oxygen atoms in total. The van der Waals surface area contributed by atoms with Crippen LogP contribution in [0.5, 0.6) is 5.75 Å². The van der Waals surface area contributed by atoms with Crippen LogP contribution in [0.2, 0.25) is 0 Å². The molecule has 1 atom stereocenters. The second-order valence-corrected chi connectivity index (χ2v) is 7.82. The Hall–Kier alpha value is -2.35. The standard InChI is InChI=1S/C16H20N4O3S/c1-2-23-14-5-3-12(4-6-14)19-16-17-9-7-15(20-16)18-13-8-10-24(21,22)11-13/h3-7,9,13H,2,8,10-11H2,1H3,(H2,17,18,19,20). The number of nitrogens with one attached hydrogen (secondary N) is 2. The smallest absolute Gasteiger partial charge is 0.229 e. The molecule has 3 rings (SSSR count). The fourth-order valence-corrected chi connectivity index (χ4v) is 4.22. The number of rotatable bonds is 6. The normalized spacial score (nSPS) is 19.0. The summed E-state index contributed by atoms with van der Waals surface area (Å²) in [5, 5.41) is 6.28. The van der Waals surface area contributed by atoms with Crippen molar-refractivity contribution in [2.75, 3.05) is 28.7 Å². The third-order valence-corrected chi connectivity index (χ3v) is 5.43. The number of benzene rings is 1. The van der Waals surface area contributed by atoms with Gasteiger partial charge in [-0.25, -0.2) is 13.4 Å². The number of nitrogens with zero attached hydrogens (tertiary/aromatic N) is 2. The van der Waals surface area contributed by atoms with E-state index < -0.39 is 9.84 Å². The minimum absolute atomic E-state index is 0.0942. The summed E-state index contributed by atoms with van der Waals surface area (Å²) in [5.74, 6) is 2.25. The zero-order chi connectivity index (χ0) is 17.0. The molecular weight excluding hydrogens is 328 g/mol. The number of hydrogen-bond acceptors (Lipinski definition) is 7. The summed E-state index contributed by atoms with van der Waals surface area (Å²) in [6.07, 6.45) is 2.24. The van der Waals surface area contributed by atoms with Gasteiger partial charge in [0.1, 0.15) is 11.6 Å². The van der Waals surface area contributed by atoms with Crippen molar-refractivity contribution in [2.24, 2.45) is 0 Å². The molecule has 1 aromatic heterocycles. The summed E-state index contributed by atoms with van der Waals surface area (Å²) in [6.45, 7) is 2.56.